The number of ether oxygens (including phenoxy) is 2. The third-order valence-electron chi connectivity index (χ3n) is 8.56. The van der Waals surface area contributed by atoms with Crippen LogP contribution in [0.3, 0.4) is 0 Å². The summed E-state index contributed by atoms with van der Waals surface area (Å²) in [5.74, 6) is 1.65. The molecule has 0 radical (unpaired) electrons. The van der Waals surface area contributed by atoms with Gasteiger partial charge in [-0.3, -0.25) is 4.90 Å². The first kappa shape index (κ1) is 40.2. The number of hydrogen-bond acceptors (Lipinski definition) is 7. The van der Waals surface area contributed by atoms with Crippen molar-refractivity contribution < 1.29 is 9.47 Å². The van der Waals surface area contributed by atoms with Crippen LogP contribution in [0.4, 0.5) is 28.4 Å². The normalized spacial score (nSPS) is 13.7. The van der Waals surface area contributed by atoms with E-state index in [0.29, 0.717) is 35.8 Å². The number of hydrogen-bond donors (Lipinski definition) is 1. The largest absolute Gasteiger partial charge is 0.494 e. The maximum atomic E-state index is 8.88. The summed E-state index contributed by atoms with van der Waals surface area (Å²) >= 11 is 3.33. The smallest absolute Gasteiger partial charge is 0.187 e. The third-order valence-corrected chi connectivity index (χ3v) is 9.12. The Kier molecular flexibility index (Phi) is 17.5. The van der Waals surface area contributed by atoms with Crippen LogP contribution in [0.1, 0.15) is 18.4 Å². The average Bonchev–Trinajstić information content (AvgIpc) is 3.24. The van der Waals surface area contributed by atoms with Crippen molar-refractivity contribution >= 4 is 44.4 Å². The van der Waals surface area contributed by atoms with E-state index in [1.165, 1.54) is 11.4 Å². The van der Waals surface area contributed by atoms with Crippen molar-refractivity contribution in [3.63, 3.8) is 0 Å². The summed E-state index contributed by atoms with van der Waals surface area (Å²) in [5, 5.41) is 13.1. The summed E-state index contributed by atoms with van der Waals surface area (Å²) in [5.41, 5.74) is 5.11. The second kappa shape index (κ2) is 23.1. The van der Waals surface area contributed by atoms with Gasteiger partial charge < -0.3 is 24.6 Å². The molecule has 10 nitrogen and oxygen atoms in total. The Morgan fingerprint density at radius 2 is 1.04 bits per heavy atom. The molecule has 6 rings (SSSR count). The van der Waals surface area contributed by atoms with E-state index < -0.39 is 0 Å². The summed E-state index contributed by atoms with van der Waals surface area (Å²) in [6, 6.07) is 32.2. The van der Waals surface area contributed by atoms with Gasteiger partial charge >= 0.3 is 0 Å². The van der Waals surface area contributed by atoms with Crippen molar-refractivity contribution in [2.45, 2.75) is 12.8 Å². The highest BCUT2D eigenvalue weighted by atomic mass is 79.9. The van der Waals surface area contributed by atoms with Crippen LogP contribution >= 0.6 is 15.9 Å². The molecule has 2 aliphatic rings. The van der Waals surface area contributed by atoms with Gasteiger partial charge in [-0.05, 0) is 73.5 Å². The van der Waals surface area contributed by atoms with E-state index in [-0.39, 0.29) is 0 Å². The molecule has 0 aromatic heterocycles. The molecule has 0 unspecified atom stereocenters. The lowest BCUT2D eigenvalue weighted by molar-refractivity contribution is 0.225. The molecule has 0 bridgehead atoms. The van der Waals surface area contributed by atoms with Gasteiger partial charge in [-0.2, -0.15) is 5.26 Å². The minimum atomic E-state index is 0.637. The molecular formula is C42H45BrN8O2. The molecule has 2 fully saturated rings. The number of nitriles is 1. The molecule has 0 spiro atoms. The van der Waals surface area contributed by atoms with Crippen molar-refractivity contribution in [3.8, 4) is 17.6 Å². The Morgan fingerprint density at radius 3 is 1.49 bits per heavy atom. The molecule has 53 heavy (non-hydrogen) atoms. The second-order valence-electron chi connectivity index (χ2n) is 12.2. The first-order valence-corrected chi connectivity index (χ1v) is 18.8. The minimum absolute atomic E-state index is 0.637. The zero-order chi connectivity index (χ0) is 37.5. The summed E-state index contributed by atoms with van der Waals surface area (Å²) in [6.07, 6.45) is 1.98. The highest BCUT2D eigenvalue weighted by Gasteiger charge is 2.17. The molecule has 0 saturated carbocycles. The molecule has 0 aliphatic carbocycles. The van der Waals surface area contributed by atoms with Gasteiger partial charge in [-0.25, -0.2) is 14.5 Å². The fourth-order valence-corrected chi connectivity index (χ4v) is 5.82. The van der Waals surface area contributed by atoms with Crippen LogP contribution in [-0.2, 0) is 0 Å². The highest BCUT2D eigenvalue weighted by Crippen LogP contribution is 2.21. The van der Waals surface area contributed by atoms with Crippen LogP contribution in [-0.4, -0.2) is 82.3 Å². The zero-order valence-electron chi connectivity index (χ0n) is 30.0. The Bertz CT molecular complexity index is 1810. The van der Waals surface area contributed by atoms with Crippen molar-refractivity contribution in [1.82, 2.24) is 10.2 Å². The summed E-state index contributed by atoms with van der Waals surface area (Å²) in [6.45, 7) is 31.3. The lowest BCUT2D eigenvalue weighted by atomic mass is 10.2. The second-order valence-corrected chi connectivity index (χ2v) is 13.0. The standard InChI is InChI=1S/C21H22N4O.C11H13N3.C10H10BrNO/c1-23-19-5-9-21(10-6-19)26-16-2-11-24-12-14-25(15-13-24)20-7-3-18(17-22)4-8-20;1-12-10-2-4-11(5-3-10)14-8-6-13-7-9-14;1-12-9-3-5-10(6-4-9)13-8-2-7-11/h3-10H,2,11-16H2;2-5,13H,6-9H2;3-6H,2,7-8H2. The highest BCUT2D eigenvalue weighted by molar-refractivity contribution is 9.09. The molecule has 2 aliphatic heterocycles. The van der Waals surface area contributed by atoms with E-state index in [0.717, 1.165) is 88.6 Å². The molecule has 4 aromatic carbocycles. The van der Waals surface area contributed by atoms with E-state index in [2.05, 4.69) is 56.6 Å². The van der Waals surface area contributed by atoms with Crippen molar-refractivity contribution in [2.24, 2.45) is 0 Å². The van der Waals surface area contributed by atoms with Gasteiger partial charge in [0.2, 0.25) is 0 Å². The fraction of sp³-hybridized carbons (Fsp3) is 0.333. The Hall–Kier alpha value is -5.56. The fourth-order valence-electron chi connectivity index (χ4n) is 5.59. The van der Waals surface area contributed by atoms with Crippen molar-refractivity contribution in [1.29, 1.82) is 5.26 Å². The Labute approximate surface area is 322 Å². The number of halogens is 1. The van der Waals surface area contributed by atoms with Gasteiger partial charge in [0.1, 0.15) is 11.5 Å². The van der Waals surface area contributed by atoms with Gasteiger partial charge in [0.25, 0.3) is 0 Å². The van der Waals surface area contributed by atoms with Crippen LogP contribution in [0.5, 0.6) is 11.5 Å². The number of benzene rings is 4. The number of piperazine rings is 2. The maximum Gasteiger partial charge on any atom is 0.187 e. The van der Waals surface area contributed by atoms with E-state index >= 15 is 0 Å². The first-order valence-electron chi connectivity index (χ1n) is 17.7. The average molecular weight is 774 g/mol. The van der Waals surface area contributed by atoms with E-state index in [1.54, 1.807) is 24.3 Å². The molecule has 2 heterocycles. The molecule has 1 N–H and O–H groups in total. The first-order chi connectivity index (χ1) is 26.0. The Balaban J connectivity index is 0.000000196. The predicted molar refractivity (Wildman–Crippen MR) is 217 cm³/mol. The molecular weight excluding hydrogens is 728 g/mol. The lowest BCUT2D eigenvalue weighted by Gasteiger charge is -2.36. The van der Waals surface area contributed by atoms with E-state index in [9.17, 15) is 0 Å². The topological polar surface area (TPSA) is 77.1 Å². The molecule has 2 saturated heterocycles. The van der Waals surface area contributed by atoms with Crippen LogP contribution in [0.15, 0.2) is 97.1 Å². The van der Waals surface area contributed by atoms with Crippen LogP contribution in [0, 0.1) is 31.0 Å². The molecule has 272 valence electrons. The van der Waals surface area contributed by atoms with Gasteiger partial charge in [0.15, 0.2) is 17.1 Å². The van der Waals surface area contributed by atoms with Crippen LogP contribution in [0.25, 0.3) is 14.5 Å². The number of nitrogens with zero attached hydrogens (tertiary/aromatic N) is 7. The van der Waals surface area contributed by atoms with Gasteiger partial charge in [-0.15, -0.1) is 0 Å². The Morgan fingerprint density at radius 1 is 0.604 bits per heavy atom. The monoisotopic (exact) mass is 772 g/mol. The van der Waals surface area contributed by atoms with Gasteiger partial charge in [-0.1, -0.05) is 52.3 Å². The third kappa shape index (κ3) is 14.2. The quantitative estimate of drug-likeness (QED) is 0.0929. The maximum absolute atomic E-state index is 8.88. The zero-order valence-corrected chi connectivity index (χ0v) is 31.5. The molecule has 0 amide bonds. The van der Waals surface area contributed by atoms with Gasteiger partial charge in [0.05, 0.1) is 44.6 Å². The lowest BCUT2D eigenvalue weighted by Crippen LogP contribution is -2.46. The molecule has 4 aromatic rings. The summed E-state index contributed by atoms with van der Waals surface area (Å²) < 4.78 is 11.2. The molecule has 0 atom stereocenters. The van der Waals surface area contributed by atoms with Crippen LogP contribution < -0.4 is 24.6 Å². The number of nitrogens with one attached hydrogen (secondary N) is 1. The van der Waals surface area contributed by atoms with E-state index in [4.69, 9.17) is 34.5 Å². The van der Waals surface area contributed by atoms with Crippen LogP contribution in [0.2, 0.25) is 0 Å². The predicted octanol–water partition coefficient (Wildman–Crippen LogP) is 8.75. The number of rotatable bonds is 11. The molecule has 11 heteroatoms. The minimum Gasteiger partial charge on any atom is -0.494 e. The summed E-state index contributed by atoms with van der Waals surface area (Å²) in [7, 11) is 0. The summed E-state index contributed by atoms with van der Waals surface area (Å²) in [4.78, 5) is 17.2. The van der Waals surface area contributed by atoms with Crippen molar-refractivity contribution in [2.75, 3.05) is 87.2 Å². The van der Waals surface area contributed by atoms with Crippen molar-refractivity contribution in [3.05, 3.63) is 137 Å². The SMILES string of the molecule is [C-]#[N+]c1ccc(N2CCNCC2)cc1.[C-]#[N+]c1ccc(OCCCBr)cc1.[C-]#[N+]c1ccc(OCCCN2CCN(c3ccc(C#N)cc3)CC2)cc1. The van der Waals surface area contributed by atoms with Gasteiger partial charge in [0, 0.05) is 75.6 Å². The van der Waals surface area contributed by atoms with E-state index in [1.807, 2.05) is 72.8 Å². The number of anilines is 2. The number of alkyl halides is 1.